The minimum atomic E-state index is -0.314. The average Bonchev–Trinajstić information content (AvgIpc) is 2.71. The molecule has 0 aromatic heterocycles. The van der Waals surface area contributed by atoms with Gasteiger partial charge in [-0.2, -0.15) is 0 Å². The lowest BCUT2D eigenvalue weighted by Gasteiger charge is -2.26. The Morgan fingerprint density at radius 1 is 1.45 bits per heavy atom. The third-order valence-electron chi connectivity index (χ3n) is 3.81. The molecular weight excluding hydrogens is 257 g/mol. The highest BCUT2D eigenvalue weighted by atomic mass is 19.1. The Hall–Kier alpha value is -1.01. The largest absolute Gasteiger partial charge is 0.392 e. The molecule has 0 aliphatic carbocycles. The molecule has 2 atom stereocenters. The van der Waals surface area contributed by atoms with E-state index in [1.165, 1.54) is 6.07 Å². The summed E-state index contributed by atoms with van der Waals surface area (Å²) in [7, 11) is 4.03. The highest BCUT2D eigenvalue weighted by molar-refractivity contribution is 5.24. The fraction of sp³-hybridized carbons (Fsp3) is 0.600. The Bertz CT molecular complexity index is 453. The van der Waals surface area contributed by atoms with Crippen LogP contribution in [0, 0.1) is 5.82 Å². The molecule has 1 saturated heterocycles. The Morgan fingerprint density at radius 2 is 2.20 bits per heavy atom. The number of nitrogens with two attached hydrogens (primary N) is 1. The fourth-order valence-electron chi connectivity index (χ4n) is 2.83. The number of benzene rings is 1. The van der Waals surface area contributed by atoms with E-state index in [2.05, 4.69) is 9.80 Å². The molecule has 112 valence electrons. The number of aliphatic hydroxyl groups excluding tert-OH is 1. The maximum atomic E-state index is 14.0. The van der Waals surface area contributed by atoms with Gasteiger partial charge in [0.1, 0.15) is 5.82 Å². The summed E-state index contributed by atoms with van der Waals surface area (Å²) in [6, 6.07) is 5.44. The van der Waals surface area contributed by atoms with Gasteiger partial charge in [-0.3, -0.25) is 4.90 Å². The van der Waals surface area contributed by atoms with Crippen LogP contribution in [0.15, 0.2) is 18.2 Å². The quantitative estimate of drug-likeness (QED) is 0.837. The minimum Gasteiger partial charge on any atom is -0.392 e. The predicted molar refractivity (Wildman–Crippen MR) is 77.7 cm³/mol. The Balaban J connectivity index is 2.07. The monoisotopic (exact) mass is 281 g/mol. The van der Waals surface area contributed by atoms with E-state index in [-0.39, 0.29) is 18.0 Å². The molecule has 1 aromatic rings. The van der Waals surface area contributed by atoms with Crippen molar-refractivity contribution >= 4 is 0 Å². The van der Waals surface area contributed by atoms with Gasteiger partial charge in [-0.15, -0.1) is 0 Å². The summed E-state index contributed by atoms with van der Waals surface area (Å²) in [5, 5.41) is 9.84. The zero-order valence-corrected chi connectivity index (χ0v) is 12.2. The van der Waals surface area contributed by atoms with Gasteiger partial charge in [-0.1, -0.05) is 12.1 Å². The van der Waals surface area contributed by atoms with E-state index < -0.39 is 0 Å². The number of β-amino-alcohol motifs (C(OH)–C–C–N with tert-alkyl or cyclic N) is 1. The topological polar surface area (TPSA) is 52.7 Å². The van der Waals surface area contributed by atoms with Crippen molar-refractivity contribution in [2.45, 2.75) is 31.7 Å². The van der Waals surface area contributed by atoms with Crippen LogP contribution in [0.2, 0.25) is 0 Å². The molecule has 4 nitrogen and oxygen atoms in total. The third kappa shape index (κ3) is 3.76. The molecule has 1 aromatic carbocycles. The highest BCUT2D eigenvalue weighted by Crippen LogP contribution is 2.22. The lowest BCUT2D eigenvalue weighted by Crippen LogP contribution is -2.37. The molecule has 5 heteroatoms. The molecule has 0 saturated carbocycles. The van der Waals surface area contributed by atoms with Gasteiger partial charge in [0.25, 0.3) is 0 Å². The van der Waals surface area contributed by atoms with Crippen LogP contribution in [-0.2, 0) is 13.1 Å². The van der Waals surface area contributed by atoms with Crippen molar-refractivity contribution in [2.24, 2.45) is 5.73 Å². The Labute approximate surface area is 120 Å². The Morgan fingerprint density at radius 3 is 2.80 bits per heavy atom. The lowest BCUT2D eigenvalue weighted by atomic mass is 10.1. The molecular formula is C15H24FN3O. The highest BCUT2D eigenvalue weighted by Gasteiger charge is 2.31. The Kier molecular flexibility index (Phi) is 5.10. The fourth-order valence-corrected chi connectivity index (χ4v) is 2.83. The second kappa shape index (κ2) is 6.63. The summed E-state index contributed by atoms with van der Waals surface area (Å²) in [4.78, 5) is 4.26. The first-order valence-corrected chi connectivity index (χ1v) is 7.03. The van der Waals surface area contributed by atoms with E-state index >= 15 is 0 Å². The summed E-state index contributed by atoms with van der Waals surface area (Å²) in [6.07, 6.45) is 0.437. The van der Waals surface area contributed by atoms with Crippen LogP contribution in [0.4, 0.5) is 4.39 Å². The van der Waals surface area contributed by atoms with Gasteiger partial charge in [0.2, 0.25) is 0 Å². The first kappa shape index (κ1) is 15.4. The molecule has 1 aliphatic rings. The van der Waals surface area contributed by atoms with Gasteiger partial charge in [0.05, 0.1) is 6.10 Å². The number of halogens is 1. The van der Waals surface area contributed by atoms with Crippen LogP contribution >= 0.6 is 0 Å². The van der Waals surface area contributed by atoms with Gasteiger partial charge >= 0.3 is 0 Å². The van der Waals surface area contributed by atoms with E-state index in [1.54, 1.807) is 6.07 Å². The normalized spacial score (nSPS) is 23.7. The van der Waals surface area contributed by atoms with Crippen LogP contribution in [0.25, 0.3) is 0 Å². The molecule has 3 N–H and O–H groups in total. The number of nitrogens with zero attached hydrogens (tertiary/aromatic N) is 2. The van der Waals surface area contributed by atoms with Gasteiger partial charge in [0.15, 0.2) is 0 Å². The first-order chi connectivity index (χ1) is 9.49. The molecule has 2 rings (SSSR count). The molecule has 1 heterocycles. The van der Waals surface area contributed by atoms with Crippen molar-refractivity contribution in [1.29, 1.82) is 0 Å². The summed E-state index contributed by atoms with van der Waals surface area (Å²) < 4.78 is 14.0. The van der Waals surface area contributed by atoms with Crippen molar-refractivity contribution in [3.63, 3.8) is 0 Å². The molecule has 20 heavy (non-hydrogen) atoms. The summed E-state index contributed by atoms with van der Waals surface area (Å²) in [5.41, 5.74) is 6.98. The molecule has 2 unspecified atom stereocenters. The van der Waals surface area contributed by atoms with E-state index in [9.17, 15) is 9.50 Å². The smallest absolute Gasteiger partial charge is 0.128 e. The predicted octanol–water partition coefficient (Wildman–Crippen LogP) is 0.781. The molecule has 0 spiro atoms. The van der Waals surface area contributed by atoms with Crippen molar-refractivity contribution < 1.29 is 9.50 Å². The lowest BCUT2D eigenvalue weighted by molar-refractivity contribution is 0.168. The standard InChI is InChI=1S/C15H24FN3O/c1-18(2)9-13-6-14(20)10-19(13)8-12-4-3-11(7-17)5-15(12)16/h3-5,13-14,20H,6-10,17H2,1-2H3. The zero-order chi connectivity index (χ0) is 14.7. The van der Waals surface area contributed by atoms with Crippen LogP contribution in [-0.4, -0.2) is 54.2 Å². The summed E-state index contributed by atoms with van der Waals surface area (Å²) >= 11 is 0. The van der Waals surface area contributed by atoms with Gasteiger partial charge in [0, 0.05) is 37.8 Å². The molecule has 0 radical (unpaired) electrons. The van der Waals surface area contributed by atoms with Gasteiger partial charge in [-0.25, -0.2) is 4.39 Å². The van der Waals surface area contributed by atoms with Crippen molar-refractivity contribution in [3.05, 3.63) is 35.1 Å². The summed E-state index contributed by atoms with van der Waals surface area (Å²) in [5.74, 6) is -0.210. The number of aliphatic hydroxyl groups is 1. The second-order valence-corrected chi connectivity index (χ2v) is 5.86. The number of likely N-dealkylation sites (N-methyl/N-ethyl adjacent to an activating group) is 1. The maximum Gasteiger partial charge on any atom is 0.128 e. The van der Waals surface area contributed by atoms with E-state index in [4.69, 9.17) is 5.73 Å². The summed E-state index contributed by atoms with van der Waals surface area (Å²) in [6.45, 7) is 2.37. The second-order valence-electron chi connectivity index (χ2n) is 5.86. The molecule has 1 fully saturated rings. The SMILES string of the molecule is CN(C)CC1CC(O)CN1Cc1ccc(CN)cc1F. The van der Waals surface area contributed by atoms with Crippen molar-refractivity contribution in [2.75, 3.05) is 27.2 Å². The minimum absolute atomic E-state index is 0.210. The van der Waals surface area contributed by atoms with Crippen molar-refractivity contribution in [3.8, 4) is 0 Å². The number of hydrogen-bond donors (Lipinski definition) is 2. The number of rotatable bonds is 5. The van der Waals surface area contributed by atoms with Crippen LogP contribution in [0.5, 0.6) is 0 Å². The number of likely N-dealkylation sites (tertiary alicyclic amines) is 1. The van der Waals surface area contributed by atoms with Crippen molar-refractivity contribution in [1.82, 2.24) is 9.80 Å². The zero-order valence-electron chi connectivity index (χ0n) is 12.2. The van der Waals surface area contributed by atoms with Crippen LogP contribution < -0.4 is 5.73 Å². The van der Waals surface area contributed by atoms with E-state index in [0.717, 1.165) is 18.5 Å². The van der Waals surface area contributed by atoms with E-state index in [1.807, 2.05) is 20.2 Å². The molecule has 0 bridgehead atoms. The molecule has 0 amide bonds. The molecule has 1 aliphatic heterocycles. The maximum absolute atomic E-state index is 14.0. The number of hydrogen-bond acceptors (Lipinski definition) is 4. The van der Waals surface area contributed by atoms with Gasteiger partial charge in [-0.05, 0) is 32.1 Å². The first-order valence-electron chi connectivity index (χ1n) is 7.03. The average molecular weight is 281 g/mol. The van der Waals surface area contributed by atoms with Gasteiger partial charge < -0.3 is 15.7 Å². The van der Waals surface area contributed by atoms with Crippen LogP contribution in [0.3, 0.4) is 0 Å². The van der Waals surface area contributed by atoms with Crippen LogP contribution in [0.1, 0.15) is 17.5 Å². The third-order valence-corrected chi connectivity index (χ3v) is 3.81. The van der Waals surface area contributed by atoms with E-state index in [0.29, 0.717) is 25.2 Å².